The average Bonchev–Trinajstić information content (AvgIpc) is 1.94. The number of hydrogen-bond acceptors (Lipinski definition) is 2. The summed E-state index contributed by atoms with van der Waals surface area (Å²) in [5, 5.41) is 9.44. The summed E-state index contributed by atoms with van der Waals surface area (Å²) in [5.41, 5.74) is 6.37. The minimum absolute atomic E-state index is 0.132. The Morgan fingerprint density at radius 1 is 1.55 bits per heavy atom. The molecule has 3 N–H and O–H groups in total. The van der Waals surface area contributed by atoms with Gasteiger partial charge in [-0.3, -0.25) is 0 Å². The molecule has 1 aromatic rings. The van der Waals surface area contributed by atoms with Crippen molar-refractivity contribution < 1.29 is 5.11 Å². The van der Waals surface area contributed by atoms with Gasteiger partial charge in [-0.2, -0.15) is 0 Å². The van der Waals surface area contributed by atoms with Crippen LogP contribution in [-0.4, -0.2) is 5.11 Å². The Hall–Kier alpha value is -0.540. The molecule has 2 nitrogen and oxygen atoms in total. The van der Waals surface area contributed by atoms with E-state index < -0.39 is 0 Å². The zero-order chi connectivity index (χ0) is 8.43. The van der Waals surface area contributed by atoms with E-state index in [1.165, 1.54) is 0 Å². The van der Waals surface area contributed by atoms with Gasteiger partial charge in [-0.25, -0.2) is 0 Å². The molecule has 0 heterocycles. The van der Waals surface area contributed by atoms with E-state index in [1.54, 1.807) is 6.07 Å². The van der Waals surface area contributed by atoms with Crippen molar-refractivity contribution in [1.29, 1.82) is 0 Å². The van der Waals surface area contributed by atoms with Gasteiger partial charge in [0.1, 0.15) is 5.75 Å². The molecule has 60 valence electrons. The molecule has 1 aromatic carbocycles. The van der Waals surface area contributed by atoms with E-state index in [1.807, 2.05) is 19.1 Å². The summed E-state index contributed by atoms with van der Waals surface area (Å²) in [7, 11) is 0. The molecular formula is C8H10BrNO. The Kier molecular flexibility index (Phi) is 2.52. The van der Waals surface area contributed by atoms with Crippen LogP contribution in [0.4, 0.5) is 0 Å². The second kappa shape index (κ2) is 3.24. The molecule has 0 saturated heterocycles. The van der Waals surface area contributed by atoms with Gasteiger partial charge in [-0.05, 0) is 28.9 Å². The molecule has 0 amide bonds. The van der Waals surface area contributed by atoms with E-state index in [0.717, 1.165) is 5.56 Å². The molecule has 0 bridgehead atoms. The summed E-state index contributed by atoms with van der Waals surface area (Å²) >= 11 is 3.21. The predicted molar refractivity (Wildman–Crippen MR) is 48.4 cm³/mol. The minimum Gasteiger partial charge on any atom is -0.506 e. The molecular weight excluding hydrogens is 206 g/mol. The summed E-state index contributed by atoms with van der Waals surface area (Å²) < 4.78 is 0.687. The first-order valence-electron chi connectivity index (χ1n) is 3.36. The van der Waals surface area contributed by atoms with Crippen LogP contribution in [0.5, 0.6) is 5.75 Å². The summed E-state index contributed by atoms with van der Waals surface area (Å²) in [4.78, 5) is 0. The lowest BCUT2D eigenvalue weighted by Gasteiger charge is -2.08. The highest BCUT2D eigenvalue weighted by molar-refractivity contribution is 9.10. The molecule has 11 heavy (non-hydrogen) atoms. The third kappa shape index (κ3) is 1.73. The number of rotatable bonds is 1. The molecule has 1 rings (SSSR count). The zero-order valence-electron chi connectivity index (χ0n) is 6.21. The number of halogens is 1. The lowest BCUT2D eigenvalue weighted by atomic mass is 10.1. The van der Waals surface area contributed by atoms with Crippen LogP contribution in [-0.2, 0) is 0 Å². The number of para-hydroxylation sites is 1. The van der Waals surface area contributed by atoms with Crippen LogP contribution in [0.1, 0.15) is 18.5 Å². The molecule has 0 fully saturated rings. The Morgan fingerprint density at radius 2 is 2.18 bits per heavy atom. The largest absolute Gasteiger partial charge is 0.506 e. The highest BCUT2D eigenvalue weighted by Gasteiger charge is 2.07. The van der Waals surface area contributed by atoms with E-state index in [-0.39, 0.29) is 11.8 Å². The minimum atomic E-state index is -0.132. The van der Waals surface area contributed by atoms with Crippen molar-refractivity contribution in [2.24, 2.45) is 5.73 Å². The highest BCUT2D eigenvalue weighted by Crippen LogP contribution is 2.30. The van der Waals surface area contributed by atoms with Gasteiger partial charge in [-0.15, -0.1) is 0 Å². The van der Waals surface area contributed by atoms with Crippen molar-refractivity contribution in [3.8, 4) is 5.75 Å². The lowest BCUT2D eigenvalue weighted by molar-refractivity contribution is 0.460. The van der Waals surface area contributed by atoms with Gasteiger partial charge in [0.05, 0.1) is 4.47 Å². The molecule has 0 aliphatic rings. The van der Waals surface area contributed by atoms with Crippen LogP contribution < -0.4 is 5.73 Å². The first-order chi connectivity index (χ1) is 5.13. The van der Waals surface area contributed by atoms with Crippen LogP contribution in [0, 0.1) is 0 Å². The maximum Gasteiger partial charge on any atom is 0.134 e. The number of phenolic OH excluding ortho intramolecular Hbond substituents is 1. The van der Waals surface area contributed by atoms with Gasteiger partial charge in [0.15, 0.2) is 0 Å². The SMILES string of the molecule is CC(N)c1cccc(Br)c1O. The van der Waals surface area contributed by atoms with Crippen LogP contribution in [0.3, 0.4) is 0 Å². The van der Waals surface area contributed by atoms with Crippen molar-refractivity contribution in [3.63, 3.8) is 0 Å². The Morgan fingerprint density at radius 3 is 2.64 bits per heavy atom. The molecule has 3 heteroatoms. The fourth-order valence-electron chi connectivity index (χ4n) is 0.899. The van der Waals surface area contributed by atoms with Crippen molar-refractivity contribution in [2.75, 3.05) is 0 Å². The molecule has 1 atom stereocenters. The van der Waals surface area contributed by atoms with Gasteiger partial charge in [0, 0.05) is 11.6 Å². The van der Waals surface area contributed by atoms with Crippen molar-refractivity contribution in [2.45, 2.75) is 13.0 Å². The first kappa shape index (κ1) is 8.56. The maximum absolute atomic E-state index is 9.44. The van der Waals surface area contributed by atoms with Crippen LogP contribution in [0.25, 0.3) is 0 Å². The fourth-order valence-corrected chi connectivity index (χ4v) is 1.28. The van der Waals surface area contributed by atoms with Crippen molar-refractivity contribution in [3.05, 3.63) is 28.2 Å². The Balaban J connectivity index is 3.17. The average molecular weight is 216 g/mol. The molecule has 1 unspecified atom stereocenters. The molecule has 0 spiro atoms. The standard InChI is InChI=1S/C8H10BrNO/c1-5(10)6-3-2-4-7(9)8(6)11/h2-5,11H,10H2,1H3. The first-order valence-corrected chi connectivity index (χ1v) is 4.15. The quantitative estimate of drug-likeness (QED) is 0.755. The lowest BCUT2D eigenvalue weighted by Crippen LogP contribution is -2.04. The van der Waals surface area contributed by atoms with Gasteiger partial charge in [-0.1, -0.05) is 12.1 Å². The predicted octanol–water partition coefficient (Wildman–Crippen LogP) is 2.17. The second-order valence-electron chi connectivity index (χ2n) is 2.47. The van der Waals surface area contributed by atoms with E-state index in [9.17, 15) is 5.11 Å². The summed E-state index contributed by atoms with van der Waals surface area (Å²) in [6.07, 6.45) is 0. The van der Waals surface area contributed by atoms with Crippen molar-refractivity contribution >= 4 is 15.9 Å². The zero-order valence-corrected chi connectivity index (χ0v) is 7.80. The van der Waals surface area contributed by atoms with E-state index in [4.69, 9.17) is 5.73 Å². The summed E-state index contributed by atoms with van der Waals surface area (Å²) in [6, 6.07) is 5.31. The van der Waals surface area contributed by atoms with E-state index in [0.29, 0.717) is 4.47 Å². The van der Waals surface area contributed by atoms with E-state index >= 15 is 0 Å². The number of benzene rings is 1. The van der Waals surface area contributed by atoms with Crippen molar-refractivity contribution in [1.82, 2.24) is 0 Å². The van der Waals surface area contributed by atoms with Crippen LogP contribution >= 0.6 is 15.9 Å². The van der Waals surface area contributed by atoms with E-state index in [2.05, 4.69) is 15.9 Å². The summed E-state index contributed by atoms with van der Waals surface area (Å²) in [5.74, 6) is 0.238. The molecule has 0 aliphatic carbocycles. The fraction of sp³-hybridized carbons (Fsp3) is 0.250. The Bertz CT molecular complexity index is 260. The van der Waals surface area contributed by atoms with Gasteiger partial charge < -0.3 is 10.8 Å². The molecule has 0 saturated carbocycles. The molecule has 0 radical (unpaired) electrons. The Labute approximate surface area is 74.2 Å². The summed E-state index contributed by atoms with van der Waals surface area (Å²) in [6.45, 7) is 1.83. The second-order valence-corrected chi connectivity index (χ2v) is 3.32. The van der Waals surface area contributed by atoms with Gasteiger partial charge in [0.2, 0.25) is 0 Å². The third-order valence-electron chi connectivity index (χ3n) is 1.51. The molecule has 0 aliphatic heterocycles. The maximum atomic E-state index is 9.44. The number of aromatic hydroxyl groups is 1. The number of nitrogens with two attached hydrogens (primary N) is 1. The van der Waals surface area contributed by atoms with Gasteiger partial charge >= 0.3 is 0 Å². The van der Waals surface area contributed by atoms with Gasteiger partial charge in [0.25, 0.3) is 0 Å². The molecule has 0 aromatic heterocycles. The number of phenols is 1. The smallest absolute Gasteiger partial charge is 0.134 e. The normalized spacial score (nSPS) is 13.0. The monoisotopic (exact) mass is 215 g/mol. The third-order valence-corrected chi connectivity index (χ3v) is 2.15. The van der Waals surface area contributed by atoms with Crippen LogP contribution in [0.2, 0.25) is 0 Å². The van der Waals surface area contributed by atoms with Crippen LogP contribution in [0.15, 0.2) is 22.7 Å². The topological polar surface area (TPSA) is 46.2 Å². The number of hydrogen-bond donors (Lipinski definition) is 2. The highest BCUT2D eigenvalue weighted by atomic mass is 79.9.